The van der Waals surface area contributed by atoms with Crippen LogP contribution in [0.15, 0.2) is 30.3 Å². The summed E-state index contributed by atoms with van der Waals surface area (Å²) >= 11 is 0. The van der Waals surface area contributed by atoms with Crippen molar-refractivity contribution >= 4 is 0 Å². The van der Waals surface area contributed by atoms with Gasteiger partial charge in [-0.05, 0) is 30.4 Å². The van der Waals surface area contributed by atoms with Gasteiger partial charge in [-0.15, -0.1) is 0 Å². The first-order chi connectivity index (χ1) is 9.03. The second-order valence-corrected chi connectivity index (χ2v) is 6.96. The van der Waals surface area contributed by atoms with E-state index in [4.69, 9.17) is 0 Å². The van der Waals surface area contributed by atoms with Gasteiger partial charge in [-0.3, -0.25) is 0 Å². The Morgan fingerprint density at radius 1 is 1.21 bits per heavy atom. The molecule has 0 aliphatic carbocycles. The van der Waals surface area contributed by atoms with Gasteiger partial charge >= 0.3 is 0 Å². The highest BCUT2D eigenvalue weighted by molar-refractivity contribution is 5.14. The van der Waals surface area contributed by atoms with Gasteiger partial charge < -0.3 is 10.2 Å². The zero-order chi connectivity index (χ0) is 13.7. The molecule has 2 nitrogen and oxygen atoms in total. The van der Waals surface area contributed by atoms with Gasteiger partial charge in [0.25, 0.3) is 0 Å². The number of likely N-dealkylation sites (tertiary alicyclic amines) is 1. The van der Waals surface area contributed by atoms with E-state index in [1.807, 2.05) is 0 Å². The van der Waals surface area contributed by atoms with Gasteiger partial charge in [0, 0.05) is 25.7 Å². The van der Waals surface area contributed by atoms with Gasteiger partial charge in [-0.2, -0.15) is 0 Å². The molecule has 1 atom stereocenters. The molecule has 0 saturated carbocycles. The second kappa shape index (κ2) is 6.53. The summed E-state index contributed by atoms with van der Waals surface area (Å²) in [7, 11) is 0. The van der Waals surface area contributed by atoms with E-state index in [0.717, 1.165) is 6.54 Å². The number of nitrogens with one attached hydrogen (secondary N) is 1. The molecule has 0 aromatic heterocycles. The van der Waals surface area contributed by atoms with E-state index in [2.05, 4.69) is 61.3 Å². The van der Waals surface area contributed by atoms with Crippen molar-refractivity contribution in [2.24, 2.45) is 5.41 Å². The van der Waals surface area contributed by atoms with E-state index in [9.17, 15) is 0 Å². The summed E-state index contributed by atoms with van der Waals surface area (Å²) in [6.07, 6.45) is 2.47. The Bertz CT molecular complexity index is 367. The quantitative estimate of drug-likeness (QED) is 0.875. The van der Waals surface area contributed by atoms with E-state index in [1.54, 1.807) is 0 Å². The Morgan fingerprint density at radius 2 is 1.95 bits per heavy atom. The molecule has 0 spiro atoms. The Morgan fingerprint density at radius 3 is 2.63 bits per heavy atom. The number of rotatable bonds is 5. The molecule has 1 fully saturated rings. The topological polar surface area (TPSA) is 15.3 Å². The largest absolute Gasteiger partial charge is 0.312 e. The van der Waals surface area contributed by atoms with Crippen LogP contribution in [-0.2, 0) is 6.42 Å². The molecule has 1 heterocycles. The van der Waals surface area contributed by atoms with Crippen LogP contribution in [0.25, 0.3) is 0 Å². The van der Waals surface area contributed by atoms with Crippen LogP contribution >= 0.6 is 0 Å². The van der Waals surface area contributed by atoms with Crippen molar-refractivity contribution in [3.05, 3.63) is 35.9 Å². The first kappa shape index (κ1) is 14.5. The molecule has 1 unspecified atom stereocenters. The Hall–Kier alpha value is -0.860. The number of nitrogens with zero attached hydrogens (tertiary/aromatic N) is 1. The first-order valence-electron chi connectivity index (χ1n) is 7.53. The van der Waals surface area contributed by atoms with Crippen LogP contribution in [0.4, 0.5) is 0 Å². The minimum absolute atomic E-state index is 0.386. The van der Waals surface area contributed by atoms with Crippen LogP contribution in [-0.4, -0.2) is 37.1 Å². The lowest BCUT2D eigenvalue weighted by Gasteiger charge is -2.22. The van der Waals surface area contributed by atoms with Gasteiger partial charge in [0.05, 0.1) is 0 Å². The van der Waals surface area contributed by atoms with E-state index in [-0.39, 0.29) is 0 Å². The minimum Gasteiger partial charge on any atom is -0.312 e. The molecule has 2 heteroatoms. The minimum atomic E-state index is 0.386. The fraction of sp³-hybridized carbons (Fsp3) is 0.647. The van der Waals surface area contributed by atoms with Crippen LogP contribution in [0.2, 0.25) is 0 Å². The zero-order valence-corrected chi connectivity index (χ0v) is 12.7. The summed E-state index contributed by atoms with van der Waals surface area (Å²) in [4.78, 5) is 2.59. The molecule has 0 amide bonds. The molecule has 19 heavy (non-hydrogen) atoms. The normalized spacial score (nSPS) is 20.9. The van der Waals surface area contributed by atoms with E-state index in [1.165, 1.54) is 38.0 Å². The maximum atomic E-state index is 3.71. The molecular weight excluding hydrogens is 232 g/mol. The predicted octanol–water partition coefficient (Wildman–Crippen LogP) is 2.94. The van der Waals surface area contributed by atoms with Gasteiger partial charge in [0.2, 0.25) is 0 Å². The standard InChI is InChI=1S/C17H28N2/c1-17(2,3)14-18-16-10-12-19(13-16)11-9-15-7-5-4-6-8-15/h4-8,16,18H,9-14H2,1-3H3. The lowest BCUT2D eigenvalue weighted by atomic mass is 9.96. The maximum Gasteiger partial charge on any atom is 0.0207 e. The van der Waals surface area contributed by atoms with Crippen LogP contribution in [0.1, 0.15) is 32.8 Å². The molecule has 2 rings (SSSR count). The highest BCUT2D eigenvalue weighted by Crippen LogP contribution is 2.14. The second-order valence-electron chi connectivity index (χ2n) is 6.96. The SMILES string of the molecule is CC(C)(C)CNC1CCN(CCc2ccccc2)C1. The van der Waals surface area contributed by atoms with Crippen molar-refractivity contribution < 1.29 is 0 Å². The fourth-order valence-corrected chi connectivity index (χ4v) is 2.58. The van der Waals surface area contributed by atoms with E-state index in [0.29, 0.717) is 11.5 Å². The lowest BCUT2D eigenvalue weighted by molar-refractivity contribution is 0.315. The van der Waals surface area contributed by atoms with E-state index < -0.39 is 0 Å². The Balaban J connectivity index is 1.68. The van der Waals surface area contributed by atoms with Gasteiger partial charge in [0.1, 0.15) is 0 Å². The molecule has 0 radical (unpaired) electrons. The molecule has 1 aromatic carbocycles. The number of benzene rings is 1. The van der Waals surface area contributed by atoms with Crippen molar-refractivity contribution in [3.63, 3.8) is 0 Å². The summed E-state index contributed by atoms with van der Waals surface area (Å²) in [5.41, 5.74) is 1.84. The molecule has 0 bridgehead atoms. The Kier molecular flexibility index (Phi) is 5.00. The third-order valence-electron chi connectivity index (χ3n) is 3.75. The lowest BCUT2D eigenvalue weighted by Crippen LogP contribution is -2.38. The third kappa shape index (κ3) is 5.33. The van der Waals surface area contributed by atoms with Crippen molar-refractivity contribution in [1.29, 1.82) is 0 Å². The summed E-state index contributed by atoms with van der Waals surface area (Å²) in [5, 5.41) is 3.71. The summed E-state index contributed by atoms with van der Waals surface area (Å²) in [6, 6.07) is 11.5. The highest BCUT2D eigenvalue weighted by atomic mass is 15.2. The molecule has 1 aliphatic heterocycles. The fourth-order valence-electron chi connectivity index (χ4n) is 2.58. The first-order valence-corrected chi connectivity index (χ1v) is 7.53. The van der Waals surface area contributed by atoms with Gasteiger partial charge in [-0.1, -0.05) is 51.1 Å². The summed E-state index contributed by atoms with van der Waals surface area (Å²) in [6.45, 7) is 11.6. The highest BCUT2D eigenvalue weighted by Gasteiger charge is 2.23. The van der Waals surface area contributed by atoms with Crippen LogP contribution in [0.3, 0.4) is 0 Å². The molecule has 1 aliphatic rings. The molecule has 1 aromatic rings. The average Bonchev–Trinajstić information content (AvgIpc) is 2.82. The predicted molar refractivity (Wildman–Crippen MR) is 82.4 cm³/mol. The van der Waals surface area contributed by atoms with Crippen molar-refractivity contribution in [2.75, 3.05) is 26.2 Å². The molecule has 1 N–H and O–H groups in total. The maximum absolute atomic E-state index is 3.71. The van der Waals surface area contributed by atoms with Crippen LogP contribution in [0.5, 0.6) is 0 Å². The summed E-state index contributed by atoms with van der Waals surface area (Å²) < 4.78 is 0. The molecule has 106 valence electrons. The Labute approximate surface area is 118 Å². The van der Waals surface area contributed by atoms with Crippen molar-refractivity contribution in [3.8, 4) is 0 Å². The van der Waals surface area contributed by atoms with Crippen molar-refractivity contribution in [2.45, 2.75) is 39.7 Å². The van der Waals surface area contributed by atoms with Crippen LogP contribution in [0, 0.1) is 5.41 Å². The third-order valence-corrected chi connectivity index (χ3v) is 3.75. The number of hydrogen-bond acceptors (Lipinski definition) is 2. The monoisotopic (exact) mass is 260 g/mol. The number of hydrogen-bond donors (Lipinski definition) is 1. The zero-order valence-electron chi connectivity index (χ0n) is 12.7. The van der Waals surface area contributed by atoms with Gasteiger partial charge in [-0.25, -0.2) is 0 Å². The molecule has 1 saturated heterocycles. The van der Waals surface area contributed by atoms with Crippen LogP contribution < -0.4 is 5.32 Å². The smallest absolute Gasteiger partial charge is 0.0207 e. The van der Waals surface area contributed by atoms with Gasteiger partial charge in [0.15, 0.2) is 0 Å². The average molecular weight is 260 g/mol. The van der Waals surface area contributed by atoms with E-state index >= 15 is 0 Å². The summed E-state index contributed by atoms with van der Waals surface area (Å²) in [5.74, 6) is 0. The molecular formula is C17H28N2. The van der Waals surface area contributed by atoms with Crippen molar-refractivity contribution in [1.82, 2.24) is 10.2 Å².